The predicted molar refractivity (Wildman–Crippen MR) is 61.3 cm³/mol. The highest BCUT2D eigenvalue weighted by molar-refractivity contribution is 5.70. The monoisotopic (exact) mass is 253 g/mol. The first-order valence-electron chi connectivity index (χ1n) is 5.83. The topological polar surface area (TPSA) is 84.7 Å². The van der Waals surface area contributed by atoms with Crippen LogP contribution in [0, 0.1) is 0 Å². The zero-order valence-electron chi connectivity index (χ0n) is 9.86. The first kappa shape index (κ1) is 12.4. The number of amides is 1. The highest BCUT2D eigenvalue weighted by Gasteiger charge is 2.27. The second kappa shape index (κ2) is 5.52. The van der Waals surface area contributed by atoms with Crippen LogP contribution in [0.4, 0.5) is 9.59 Å². The van der Waals surface area contributed by atoms with Crippen LogP contribution in [0.25, 0.3) is 0 Å². The molecule has 18 heavy (non-hydrogen) atoms. The Morgan fingerprint density at radius 2 is 2.28 bits per heavy atom. The van der Waals surface area contributed by atoms with Crippen molar-refractivity contribution >= 4 is 12.2 Å². The van der Waals surface area contributed by atoms with E-state index in [2.05, 4.69) is 4.98 Å². The highest BCUT2D eigenvalue weighted by Crippen LogP contribution is 2.17. The number of hydrogen-bond acceptors (Lipinski definition) is 4. The van der Waals surface area contributed by atoms with Crippen molar-refractivity contribution in [1.82, 2.24) is 14.5 Å². The van der Waals surface area contributed by atoms with Crippen LogP contribution in [0.1, 0.15) is 19.3 Å². The molecule has 0 saturated carbocycles. The van der Waals surface area contributed by atoms with Gasteiger partial charge in [-0.3, -0.25) is 0 Å². The molecule has 98 valence electrons. The van der Waals surface area contributed by atoms with Gasteiger partial charge in [0.05, 0.1) is 6.04 Å². The van der Waals surface area contributed by atoms with E-state index in [-0.39, 0.29) is 12.6 Å². The molecule has 0 aromatic carbocycles. The van der Waals surface area contributed by atoms with Crippen molar-refractivity contribution in [3.8, 4) is 0 Å². The van der Waals surface area contributed by atoms with E-state index in [1.165, 1.54) is 28.2 Å². The van der Waals surface area contributed by atoms with E-state index < -0.39 is 12.2 Å². The summed E-state index contributed by atoms with van der Waals surface area (Å²) in [7, 11) is 0. The molecule has 0 radical (unpaired) electrons. The van der Waals surface area contributed by atoms with Crippen molar-refractivity contribution in [3.05, 3.63) is 18.7 Å². The lowest BCUT2D eigenvalue weighted by Crippen LogP contribution is -2.45. The minimum atomic E-state index is -0.960. The molecule has 0 spiro atoms. The predicted octanol–water partition coefficient (Wildman–Crippen LogP) is 1.40. The van der Waals surface area contributed by atoms with E-state index in [0.717, 1.165) is 19.3 Å². The molecule has 7 nitrogen and oxygen atoms in total. The molecular weight excluding hydrogens is 238 g/mol. The SMILES string of the molecule is O=C(O)N1CCCCC1COC(=O)n1ccnc1. The van der Waals surface area contributed by atoms with Gasteiger partial charge in [-0.1, -0.05) is 0 Å². The maximum Gasteiger partial charge on any atom is 0.419 e. The number of likely N-dealkylation sites (tertiary alicyclic amines) is 1. The van der Waals surface area contributed by atoms with Crippen LogP contribution in [0.15, 0.2) is 18.7 Å². The summed E-state index contributed by atoms with van der Waals surface area (Å²) >= 11 is 0. The Bertz CT molecular complexity index is 418. The first-order valence-corrected chi connectivity index (χ1v) is 5.83. The molecule has 2 heterocycles. The van der Waals surface area contributed by atoms with Crippen LogP contribution < -0.4 is 0 Å². The molecule has 0 bridgehead atoms. The Morgan fingerprint density at radius 3 is 2.94 bits per heavy atom. The van der Waals surface area contributed by atoms with Gasteiger partial charge >= 0.3 is 12.2 Å². The Kier molecular flexibility index (Phi) is 3.81. The van der Waals surface area contributed by atoms with E-state index in [1.807, 2.05) is 0 Å². The van der Waals surface area contributed by atoms with Crippen molar-refractivity contribution in [3.63, 3.8) is 0 Å². The molecule has 1 saturated heterocycles. The summed E-state index contributed by atoms with van der Waals surface area (Å²) in [5, 5.41) is 9.03. The van der Waals surface area contributed by atoms with Gasteiger partial charge in [-0.15, -0.1) is 0 Å². The third-order valence-corrected chi connectivity index (χ3v) is 2.99. The van der Waals surface area contributed by atoms with E-state index in [0.29, 0.717) is 6.54 Å². The summed E-state index contributed by atoms with van der Waals surface area (Å²) in [5.41, 5.74) is 0. The van der Waals surface area contributed by atoms with Crippen molar-refractivity contribution < 1.29 is 19.4 Å². The zero-order valence-corrected chi connectivity index (χ0v) is 9.86. The van der Waals surface area contributed by atoms with Crippen LogP contribution in [0.5, 0.6) is 0 Å². The highest BCUT2D eigenvalue weighted by atomic mass is 16.6. The van der Waals surface area contributed by atoms with Gasteiger partial charge in [-0.25, -0.2) is 19.1 Å². The van der Waals surface area contributed by atoms with Crippen molar-refractivity contribution in [2.24, 2.45) is 0 Å². The largest absolute Gasteiger partial charge is 0.465 e. The molecule has 2 rings (SSSR count). The molecular formula is C11H15N3O4. The second-order valence-electron chi connectivity index (χ2n) is 4.17. The summed E-state index contributed by atoms with van der Waals surface area (Å²) in [6.07, 6.45) is 5.35. The average molecular weight is 253 g/mol. The first-order chi connectivity index (χ1) is 8.68. The summed E-state index contributed by atoms with van der Waals surface area (Å²) in [6, 6.07) is -0.247. The number of aromatic nitrogens is 2. The molecule has 1 fully saturated rings. The zero-order chi connectivity index (χ0) is 13.0. The fourth-order valence-electron chi connectivity index (χ4n) is 2.03. The fraction of sp³-hybridized carbons (Fsp3) is 0.545. The number of piperidine rings is 1. The smallest absolute Gasteiger partial charge is 0.419 e. The van der Waals surface area contributed by atoms with E-state index in [1.54, 1.807) is 0 Å². The Balaban J connectivity index is 1.88. The van der Waals surface area contributed by atoms with Crippen molar-refractivity contribution in [1.29, 1.82) is 0 Å². The van der Waals surface area contributed by atoms with E-state index in [9.17, 15) is 9.59 Å². The summed E-state index contributed by atoms with van der Waals surface area (Å²) in [5.74, 6) is 0. The van der Waals surface area contributed by atoms with Gasteiger partial charge in [-0.2, -0.15) is 0 Å². The minimum Gasteiger partial charge on any atom is -0.465 e. The van der Waals surface area contributed by atoms with E-state index in [4.69, 9.17) is 9.84 Å². The number of nitrogens with zero attached hydrogens (tertiary/aromatic N) is 3. The van der Waals surface area contributed by atoms with Gasteiger partial charge in [0.25, 0.3) is 0 Å². The molecule has 1 aliphatic heterocycles. The number of ether oxygens (including phenoxy) is 1. The number of carbonyl (C=O) groups is 2. The Hall–Kier alpha value is -2.05. The second-order valence-corrected chi connectivity index (χ2v) is 4.17. The number of imidazole rings is 1. The van der Waals surface area contributed by atoms with Crippen LogP contribution in [0.3, 0.4) is 0 Å². The van der Waals surface area contributed by atoms with Crippen LogP contribution >= 0.6 is 0 Å². The standard InChI is InChI=1S/C11H15N3O4/c15-10(16)14-5-2-1-3-9(14)7-18-11(17)13-6-4-12-8-13/h4,6,8-9H,1-3,5,7H2,(H,15,16). The molecule has 7 heteroatoms. The summed E-state index contributed by atoms with van der Waals surface area (Å²) in [4.78, 5) is 27.6. The minimum absolute atomic E-state index is 0.0866. The van der Waals surface area contributed by atoms with Gasteiger partial charge in [0.15, 0.2) is 0 Å². The molecule has 1 N–H and O–H groups in total. The van der Waals surface area contributed by atoms with Crippen LogP contribution in [-0.4, -0.2) is 50.9 Å². The molecule has 1 aromatic heterocycles. The van der Waals surface area contributed by atoms with Gasteiger partial charge in [-0.05, 0) is 19.3 Å². The lowest BCUT2D eigenvalue weighted by molar-refractivity contribution is 0.0641. The average Bonchev–Trinajstić information content (AvgIpc) is 2.90. The lowest BCUT2D eigenvalue weighted by atomic mass is 10.0. The Labute approximate surface area is 104 Å². The van der Waals surface area contributed by atoms with Gasteiger partial charge < -0.3 is 14.7 Å². The van der Waals surface area contributed by atoms with Crippen LogP contribution in [-0.2, 0) is 4.74 Å². The molecule has 1 amide bonds. The van der Waals surface area contributed by atoms with Gasteiger partial charge in [0.2, 0.25) is 0 Å². The normalized spacial score (nSPS) is 19.6. The van der Waals surface area contributed by atoms with Gasteiger partial charge in [0, 0.05) is 18.9 Å². The Morgan fingerprint density at radius 1 is 1.44 bits per heavy atom. The number of carbonyl (C=O) groups excluding carboxylic acids is 1. The quantitative estimate of drug-likeness (QED) is 0.861. The number of rotatable bonds is 2. The summed E-state index contributed by atoms with van der Waals surface area (Å²) < 4.78 is 6.30. The summed E-state index contributed by atoms with van der Waals surface area (Å²) in [6.45, 7) is 0.589. The third kappa shape index (κ3) is 2.79. The molecule has 0 aliphatic carbocycles. The third-order valence-electron chi connectivity index (χ3n) is 2.99. The lowest BCUT2D eigenvalue weighted by Gasteiger charge is -2.32. The molecule has 1 aromatic rings. The van der Waals surface area contributed by atoms with Crippen molar-refractivity contribution in [2.75, 3.05) is 13.2 Å². The van der Waals surface area contributed by atoms with Gasteiger partial charge in [0.1, 0.15) is 12.9 Å². The van der Waals surface area contributed by atoms with E-state index >= 15 is 0 Å². The number of carboxylic acid groups (broad SMARTS) is 1. The molecule has 1 aliphatic rings. The molecule has 1 atom stereocenters. The van der Waals surface area contributed by atoms with Crippen molar-refractivity contribution in [2.45, 2.75) is 25.3 Å². The van der Waals surface area contributed by atoms with Crippen LogP contribution in [0.2, 0.25) is 0 Å². The maximum absolute atomic E-state index is 11.6. The molecule has 1 unspecified atom stereocenters. The fourth-order valence-corrected chi connectivity index (χ4v) is 2.03. The number of hydrogen-bond donors (Lipinski definition) is 1. The maximum atomic E-state index is 11.6.